The molecule has 1 amide bonds. The summed E-state index contributed by atoms with van der Waals surface area (Å²) >= 11 is 0. The molecule has 0 atom stereocenters. The fraction of sp³-hybridized carbons (Fsp3) is 0.350. The predicted molar refractivity (Wildman–Crippen MR) is 107 cm³/mol. The van der Waals surface area contributed by atoms with Crippen LogP contribution in [0.25, 0.3) is 5.82 Å². The van der Waals surface area contributed by atoms with Crippen LogP contribution in [0.1, 0.15) is 41.4 Å². The number of nitrogens with zero attached hydrogens (tertiary/aromatic N) is 5. The Kier molecular flexibility index (Phi) is 7.23. The number of nitrogens with one attached hydrogen (secondary N) is 1. The summed E-state index contributed by atoms with van der Waals surface area (Å²) in [7, 11) is 1.35. The van der Waals surface area contributed by atoms with Crippen LogP contribution in [0.4, 0.5) is 13.2 Å². The number of hydrogen-bond donors (Lipinski definition) is 1. The maximum absolute atomic E-state index is 13.8. The number of halogens is 3. The van der Waals surface area contributed by atoms with Crippen LogP contribution in [0.2, 0.25) is 0 Å². The molecule has 3 aromatic heterocycles. The fourth-order valence-corrected chi connectivity index (χ4v) is 2.77. The number of aromatic nitrogens is 5. The summed E-state index contributed by atoms with van der Waals surface area (Å²) in [6, 6.07) is 5.92. The van der Waals surface area contributed by atoms with Gasteiger partial charge >= 0.3 is 6.18 Å². The lowest BCUT2D eigenvalue weighted by Crippen LogP contribution is -2.26. The number of amides is 1. The number of methoxy groups -OCH3 is 1. The van der Waals surface area contributed by atoms with Gasteiger partial charge in [-0.3, -0.25) is 4.79 Å². The largest absolute Gasteiger partial charge is 0.480 e. The summed E-state index contributed by atoms with van der Waals surface area (Å²) in [5.74, 6) is -0.716. The normalized spacial score (nSPS) is 11.3. The molecular weight excluding hydrogens is 429 g/mol. The van der Waals surface area contributed by atoms with Crippen molar-refractivity contribution in [1.29, 1.82) is 0 Å². The van der Waals surface area contributed by atoms with E-state index in [4.69, 9.17) is 9.47 Å². The number of rotatable bonds is 9. The molecule has 0 aliphatic rings. The second-order valence-electron chi connectivity index (χ2n) is 6.60. The van der Waals surface area contributed by atoms with Crippen LogP contribution >= 0.6 is 0 Å². The molecule has 0 spiro atoms. The van der Waals surface area contributed by atoms with Crippen LogP contribution in [-0.4, -0.2) is 44.6 Å². The quantitative estimate of drug-likeness (QED) is 0.499. The van der Waals surface area contributed by atoms with Crippen LogP contribution in [0.3, 0.4) is 0 Å². The summed E-state index contributed by atoms with van der Waals surface area (Å²) in [6.07, 6.45) is -0.736. The molecular formula is C20H21F3N6O3. The van der Waals surface area contributed by atoms with Crippen LogP contribution in [0.15, 0.2) is 36.7 Å². The molecule has 3 heterocycles. The lowest BCUT2D eigenvalue weighted by Gasteiger charge is -2.13. The minimum Gasteiger partial charge on any atom is -0.480 e. The molecule has 0 aromatic carbocycles. The Bertz CT molecular complexity index is 1050. The first kappa shape index (κ1) is 23.0. The molecule has 0 aliphatic carbocycles. The van der Waals surface area contributed by atoms with Gasteiger partial charge in [0.25, 0.3) is 5.91 Å². The van der Waals surface area contributed by atoms with Gasteiger partial charge in [0.15, 0.2) is 11.5 Å². The van der Waals surface area contributed by atoms with E-state index in [-0.39, 0.29) is 18.2 Å². The van der Waals surface area contributed by atoms with Crippen molar-refractivity contribution in [2.45, 2.75) is 32.5 Å². The van der Waals surface area contributed by atoms with E-state index in [1.165, 1.54) is 25.4 Å². The number of unbranched alkanes of at least 4 members (excludes halogenated alkanes) is 1. The van der Waals surface area contributed by atoms with E-state index in [1.807, 2.05) is 6.92 Å². The summed E-state index contributed by atoms with van der Waals surface area (Å²) in [5.41, 5.74) is -1.37. The van der Waals surface area contributed by atoms with Crippen molar-refractivity contribution in [3.8, 4) is 17.6 Å². The Hall–Kier alpha value is -3.70. The summed E-state index contributed by atoms with van der Waals surface area (Å²) in [5, 5.41) is 13.5. The zero-order valence-corrected chi connectivity index (χ0v) is 17.4. The lowest BCUT2D eigenvalue weighted by atomic mass is 10.2. The molecule has 170 valence electrons. The number of pyridine rings is 1. The van der Waals surface area contributed by atoms with Crippen molar-refractivity contribution >= 4 is 5.91 Å². The van der Waals surface area contributed by atoms with Crippen molar-refractivity contribution in [2.24, 2.45) is 0 Å². The zero-order chi connectivity index (χ0) is 23.1. The molecule has 12 heteroatoms. The highest BCUT2D eigenvalue weighted by Gasteiger charge is 2.41. The third kappa shape index (κ3) is 5.31. The van der Waals surface area contributed by atoms with E-state index in [9.17, 15) is 18.0 Å². The minimum absolute atomic E-state index is 0.0705. The van der Waals surface area contributed by atoms with Gasteiger partial charge in [-0.05, 0) is 18.6 Å². The fourth-order valence-electron chi connectivity index (χ4n) is 2.77. The molecule has 0 aliphatic heterocycles. The monoisotopic (exact) mass is 450 g/mol. The van der Waals surface area contributed by atoms with Crippen molar-refractivity contribution in [3.63, 3.8) is 0 Å². The van der Waals surface area contributed by atoms with Gasteiger partial charge in [0, 0.05) is 24.4 Å². The molecule has 0 saturated heterocycles. The standard InChI is InChI=1S/C20H21F3N6O3/c1-3-4-10-32-19-13(6-5-9-24-19)11-25-18(30)14-12-26-29(17(14)20(21,22)23)15-7-8-16(31-2)28-27-15/h5-9,12H,3-4,10-11H2,1-2H3,(H,25,30). The number of alkyl halides is 3. The van der Waals surface area contributed by atoms with E-state index in [1.54, 1.807) is 12.1 Å². The van der Waals surface area contributed by atoms with Gasteiger partial charge in [0.1, 0.15) is 0 Å². The van der Waals surface area contributed by atoms with Crippen molar-refractivity contribution in [1.82, 2.24) is 30.3 Å². The SMILES string of the molecule is CCCCOc1ncccc1CNC(=O)c1cnn(-c2ccc(OC)nn2)c1C(F)(F)F. The third-order valence-electron chi connectivity index (χ3n) is 4.36. The van der Waals surface area contributed by atoms with Crippen LogP contribution in [0.5, 0.6) is 11.8 Å². The number of carbonyl (C=O) groups is 1. The topological polar surface area (TPSA) is 104 Å². The highest BCUT2D eigenvalue weighted by atomic mass is 19.4. The van der Waals surface area contributed by atoms with Crippen molar-refractivity contribution in [3.05, 3.63) is 53.5 Å². The maximum Gasteiger partial charge on any atom is 0.434 e. The Labute approximate surface area is 181 Å². The molecule has 0 unspecified atom stereocenters. The molecule has 0 saturated carbocycles. The van der Waals surface area contributed by atoms with Gasteiger partial charge in [0.2, 0.25) is 11.8 Å². The van der Waals surface area contributed by atoms with E-state index in [2.05, 4.69) is 25.6 Å². The Morgan fingerprint density at radius 1 is 1.22 bits per heavy atom. The van der Waals surface area contributed by atoms with Gasteiger partial charge < -0.3 is 14.8 Å². The average molecular weight is 450 g/mol. The van der Waals surface area contributed by atoms with Gasteiger partial charge in [0.05, 0.1) is 25.5 Å². The van der Waals surface area contributed by atoms with Crippen molar-refractivity contribution < 1.29 is 27.4 Å². The van der Waals surface area contributed by atoms with Crippen LogP contribution in [-0.2, 0) is 12.7 Å². The molecule has 3 aromatic rings. The van der Waals surface area contributed by atoms with Crippen molar-refractivity contribution in [2.75, 3.05) is 13.7 Å². The molecule has 0 fully saturated rings. The second kappa shape index (κ2) is 10.1. The molecule has 9 nitrogen and oxygen atoms in total. The van der Waals surface area contributed by atoms with Gasteiger partial charge in [-0.1, -0.05) is 19.4 Å². The van der Waals surface area contributed by atoms with E-state index in [0.717, 1.165) is 19.0 Å². The maximum atomic E-state index is 13.8. The Morgan fingerprint density at radius 3 is 2.69 bits per heavy atom. The van der Waals surface area contributed by atoms with E-state index in [0.29, 0.717) is 22.7 Å². The highest BCUT2D eigenvalue weighted by Crippen LogP contribution is 2.33. The molecule has 0 radical (unpaired) electrons. The average Bonchev–Trinajstić information content (AvgIpc) is 3.24. The summed E-state index contributed by atoms with van der Waals surface area (Å²) < 4.78 is 52.3. The van der Waals surface area contributed by atoms with Gasteiger partial charge in [-0.25, -0.2) is 9.67 Å². The minimum atomic E-state index is -4.87. The predicted octanol–water partition coefficient (Wildman–Crippen LogP) is 3.19. The third-order valence-corrected chi connectivity index (χ3v) is 4.36. The number of hydrogen-bond acceptors (Lipinski definition) is 7. The zero-order valence-electron chi connectivity index (χ0n) is 17.4. The number of carbonyl (C=O) groups excluding carboxylic acids is 1. The van der Waals surface area contributed by atoms with Gasteiger partial charge in [-0.2, -0.15) is 18.3 Å². The first-order valence-electron chi connectivity index (χ1n) is 9.73. The Morgan fingerprint density at radius 2 is 2.03 bits per heavy atom. The van der Waals surface area contributed by atoms with Crippen LogP contribution < -0.4 is 14.8 Å². The highest BCUT2D eigenvalue weighted by molar-refractivity contribution is 5.95. The smallest absolute Gasteiger partial charge is 0.434 e. The first-order valence-corrected chi connectivity index (χ1v) is 9.73. The first-order chi connectivity index (χ1) is 15.3. The molecule has 0 bridgehead atoms. The summed E-state index contributed by atoms with van der Waals surface area (Å²) in [4.78, 5) is 16.7. The number of ether oxygens (including phenoxy) is 2. The molecule has 3 rings (SSSR count). The second-order valence-corrected chi connectivity index (χ2v) is 6.60. The van der Waals surface area contributed by atoms with E-state index < -0.39 is 23.3 Å². The molecule has 1 N–H and O–H groups in total. The lowest BCUT2D eigenvalue weighted by molar-refractivity contribution is -0.143. The van der Waals surface area contributed by atoms with E-state index >= 15 is 0 Å². The summed E-state index contributed by atoms with van der Waals surface area (Å²) in [6.45, 7) is 2.39. The molecule has 32 heavy (non-hydrogen) atoms. The Balaban J connectivity index is 1.82. The van der Waals surface area contributed by atoms with Gasteiger partial charge in [-0.15, -0.1) is 10.2 Å². The van der Waals surface area contributed by atoms with Crippen LogP contribution in [0, 0.1) is 0 Å².